The van der Waals surface area contributed by atoms with E-state index in [0.717, 1.165) is 38.5 Å². The Bertz CT molecular complexity index is 1330. The molecule has 0 unspecified atom stereocenters. The number of hydrogen-bond acceptors (Lipinski definition) is 5. The van der Waals surface area contributed by atoms with Gasteiger partial charge < -0.3 is 14.4 Å². The van der Waals surface area contributed by atoms with Crippen LogP contribution in [0.15, 0.2) is 48.5 Å². The van der Waals surface area contributed by atoms with Gasteiger partial charge in [-0.05, 0) is 49.2 Å². The summed E-state index contributed by atoms with van der Waals surface area (Å²) in [5.41, 5.74) is 2.91. The summed E-state index contributed by atoms with van der Waals surface area (Å²) in [5, 5.41) is 6.39. The Balaban J connectivity index is 1.39. The van der Waals surface area contributed by atoms with E-state index in [2.05, 4.69) is 5.10 Å². The summed E-state index contributed by atoms with van der Waals surface area (Å²) in [6.07, 6.45) is 0. The normalized spacial score (nSPS) is 12.8. The molecule has 0 saturated carbocycles. The van der Waals surface area contributed by atoms with E-state index < -0.39 is 0 Å². The first kappa shape index (κ1) is 21.8. The van der Waals surface area contributed by atoms with Gasteiger partial charge in [0.05, 0.1) is 17.1 Å². The fourth-order valence-electron chi connectivity index (χ4n) is 4.00. The molecule has 1 aliphatic heterocycles. The molecule has 8 heteroatoms. The Hall–Kier alpha value is -3.03. The molecule has 2 aromatic heterocycles. The number of benzene rings is 2. The first-order valence-corrected chi connectivity index (χ1v) is 12.1. The number of halogens is 1. The van der Waals surface area contributed by atoms with Gasteiger partial charge in [0.15, 0.2) is 11.5 Å². The van der Waals surface area contributed by atoms with Crippen LogP contribution >= 0.6 is 22.9 Å². The van der Waals surface area contributed by atoms with Gasteiger partial charge in [-0.15, -0.1) is 11.3 Å². The number of hydrogen-bond donors (Lipinski definition) is 0. The quantitative estimate of drug-likeness (QED) is 0.362. The van der Waals surface area contributed by atoms with E-state index >= 15 is 0 Å². The Kier molecular flexibility index (Phi) is 6.00. The number of aromatic nitrogens is 2. The molecule has 5 rings (SSSR count). The highest BCUT2D eigenvalue weighted by atomic mass is 35.5. The van der Waals surface area contributed by atoms with Crippen LogP contribution in [-0.4, -0.2) is 40.3 Å². The van der Waals surface area contributed by atoms with Crippen LogP contribution < -0.4 is 9.47 Å². The van der Waals surface area contributed by atoms with Crippen molar-refractivity contribution in [1.82, 2.24) is 14.7 Å². The highest BCUT2D eigenvalue weighted by Crippen LogP contribution is 2.33. The van der Waals surface area contributed by atoms with Gasteiger partial charge in [0, 0.05) is 23.5 Å². The maximum Gasteiger partial charge on any atom is 0.264 e. The first-order chi connectivity index (χ1) is 16.0. The average molecular weight is 482 g/mol. The minimum absolute atomic E-state index is 0.0114. The van der Waals surface area contributed by atoms with Gasteiger partial charge in [-0.2, -0.15) is 5.10 Å². The second-order valence-corrected chi connectivity index (χ2v) is 9.40. The zero-order valence-corrected chi connectivity index (χ0v) is 20.1. The lowest BCUT2D eigenvalue weighted by atomic mass is 10.1. The topological polar surface area (TPSA) is 56.6 Å². The van der Waals surface area contributed by atoms with Crippen molar-refractivity contribution in [3.63, 3.8) is 0 Å². The van der Waals surface area contributed by atoms with E-state index in [0.29, 0.717) is 42.7 Å². The van der Waals surface area contributed by atoms with Crippen LogP contribution in [-0.2, 0) is 13.1 Å². The van der Waals surface area contributed by atoms with Crippen LogP contribution in [0.25, 0.3) is 10.2 Å². The molecule has 4 aromatic rings. The maximum atomic E-state index is 13.4. The monoisotopic (exact) mass is 481 g/mol. The summed E-state index contributed by atoms with van der Waals surface area (Å²) in [4.78, 5) is 16.9. The highest BCUT2D eigenvalue weighted by Gasteiger charge is 2.22. The van der Waals surface area contributed by atoms with Gasteiger partial charge >= 0.3 is 0 Å². The van der Waals surface area contributed by atoms with Gasteiger partial charge in [-0.25, -0.2) is 0 Å². The van der Waals surface area contributed by atoms with Crippen LogP contribution in [0.3, 0.4) is 0 Å². The summed E-state index contributed by atoms with van der Waals surface area (Å²) in [5.74, 6) is 1.50. The van der Waals surface area contributed by atoms with Gasteiger partial charge in [0.2, 0.25) is 0 Å². The third-order valence-electron chi connectivity index (χ3n) is 5.75. The number of nitrogens with zero attached hydrogens (tertiary/aromatic N) is 3. The molecule has 0 atom stereocenters. The van der Waals surface area contributed by atoms with E-state index in [1.54, 1.807) is 0 Å². The molecule has 0 fully saturated rings. The standard InChI is InChI=1S/C25H24ClN3O3S/c1-3-28(14-17-8-9-21-22(12-17)32-11-10-31-21)24(30)23-13-19-16(2)27-29(25(19)33-23)15-18-6-4-5-7-20(18)26/h4-9,12-13H,3,10-11,14-15H2,1-2H3. The number of carbonyl (C=O) groups is 1. The van der Waals surface area contributed by atoms with Crippen molar-refractivity contribution in [2.24, 2.45) is 0 Å². The van der Waals surface area contributed by atoms with Crippen molar-refractivity contribution in [3.8, 4) is 11.5 Å². The van der Waals surface area contributed by atoms with Crippen LogP contribution in [0.4, 0.5) is 0 Å². The smallest absolute Gasteiger partial charge is 0.264 e. The molecule has 1 aliphatic rings. The minimum Gasteiger partial charge on any atom is -0.486 e. The average Bonchev–Trinajstić information content (AvgIpc) is 3.39. The number of fused-ring (bicyclic) bond motifs is 2. The molecule has 6 nitrogen and oxygen atoms in total. The number of thiophene rings is 1. The molecule has 33 heavy (non-hydrogen) atoms. The molecule has 0 bridgehead atoms. The molecule has 0 N–H and O–H groups in total. The van der Waals surface area contributed by atoms with E-state index in [9.17, 15) is 4.79 Å². The molecule has 2 aromatic carbocycles. The molecule has 0 saturated heterocycles. The largest absolute Gasteiger partial charge is 0.486 e. The minimum atomic E-state index is 0.0114. The van der Waals surface area contributed by atoms with Crippen molar-refractivity contribution in [1.29, 1.82) is 0 Å². The van der Waals surface area contributed by atoms with Crippen molar-refractivity contribution in [2.45, 2.75) is 26.9 Å². The molecule has 1 amide bonds. The molecular formula is C25H24ClN3O3S. The van der Waals surface area contributed by atoms with Gasteiger partial charge in [0.1, 0.15) is 18.0 Å². The molecule has 170 valence electrons. The van der Waals surface area contributed by atoms with Crippen LogP contribution in [0, 0.1) is 6.92 Å². The van der Waals surface area contributed by atoms with Crippen LogP contribution in [0.5, 0.6) is 11.5 Å². The fraction of sp³-hybridized carbons (Fsp3) is 0.280. The van der Waals surface area contributed by atoms with Crippen molar-refractivity contribution >= 4 is 39.1 Å². The Morgan fingerprint density at radius 3 is 2.73 bits per heavy atom. The van der Waals surface area contributed by atoms with Gasteiger partial charge in [0.25, 0.3) is 5.91 Å². The molecule has 3 heterocycles. The van der Waals surface area contributed by atoms with Crippen molar-refractivity contribution < 1.29 is 14.3 Å². The second kappa shape index (κ2) is 9.08. The predicted octanol–water partition coefficient (Wildman–Crippen LogP) is 5.54. The summed E-state index contributed by atoms with van der Waals surface area (Å²) < 4.78 is 13.2. The highest BCUT2D eigenvalue weighted by molar-refractivity contribution is 7.20. The third-order valence-corrected chi connectivity index (χ3v) is 7.25. The third kappa shape index (κ3) is 4.30. The van der Waals surface area contributed by atoms with Crippen molar-refractivity contribution in [3.05, 3.63) is 75.3 Å². The predicted molar refractivity (Wildman–Crippen MR) is 131 cm³/mol. The molecule has 0 spiro atoms. The summed E-state index contributed by atoms with van der Waals surface area (Å²) in [6, 6.07) is 15.6. The SMILES string of the molecule is CCN(Cc1ccc2c(c1)OCCO2)C(=O)c1cc2c(C)nn(Cc3ccccc3Cl)c2s1. The lowest BCUT2D eigenvalue weighted by Gasteiger charge is -2.22. The van der Waals surface area contributed by atoms with Crippen LogP contribution in [0.1, 0.15) is 33.4 Å². The Morgan fingerprint density at radius 2 is 1.94 bits per heavy atom. The first-order valence-electron chi connectivity index (χ1n) is 10.9. The fourth-order valence-corrected chi connectivity index (χ4v) is 5.33. The summed E-state index contributed by atoms with van der Waals surface area (Å²) in [7, 11) is 0. The lowest BCUT2D eigenvalue weighted by molar-refractivity contribution is 0.0757. The second-order valence-electron chi connectivity index (χ2n) is 7.96. The maximum absolute atomic E-state index is 13.4. The van der Waals surface area contributed by atoms with E-state index in [-0.39, 0.29) is 5.91 Å². The Labute approximate surface area is 201 Å². The number of amides is 1. The Morgan fingerprint density at radius 1 is 1.15 bits per heavy atom. The number of rotatable bonds is 6. The van der Waals surface area contributed by atoms with Crippen molar-refractivity contribution in [2.75, 3.05) is 19.8 Å². The number of carbonyl (C=O) groups excluding carboxylic acids is 1. The van der Waals surface area contributed by atoms with E-state index in [1.807, 2.05) is 72.0 Å². The van der Waals surface area contributed by atoms with Crippen LogP contribution in [0.2, 0.25) is 5.02 Å². The number of aryl methyl sites for hydroxylation is 1. The zero-order valence-electron chi connectivity index (χ0n) is 18.5. The number of ether oxygens (including phenoxy) is 2. The molecule has 0 radical (unpaired) electrons. The van der Waals surface area contributed by atoms with E-state index in [4.69, 9.17) is 21.1 Å². The van der Waals surface area contributed by atoms with Gasteiger partial charge in [-0.1, -0.05) is 35.9 Å². The lowest BCUT2D eigenvalue weighted by Crippen LogP contribution is -2.29. The summed E-state index contributed by atoms with van der Waals surface area (Å²) >= 11 is 7.83. The van der Waals surface area contributed by atoms with Gasteiger partial charge in [-0.3, -0.25) is 9.48 Å². The summed E-state index contributed by atoms with van der Waals surface area (Å²) in [6.45, 7) is 6.74. The molecular weight excluding hydrogens is 458 g/mol. The zero-order chi connectivity index (χ0) is 22.9. The molecule has 0 aliphatic carbocycles. The van der Waals surface area contributed by atoms with E-state index in [1.165, 1.54) is 11.3 Å².